The minimum atomic E-state index is -4.15. The Bertz CT molecular complexity index is 1190. The van der Waals surface area contributed by atoms with Gasteiger partial charge in [-0.2, -0.15) is 0 Å². The van der Waals surface area contributed by atoms with Gasteiger partial charge in [-0.05, 0) is 60.7 Å². The van der Waals surface area contributed by atoms with Crippen LogP contribution in [0.15, 0.2) is 65.6 Å². The van der Waals surface area contributed by atoms with Crippen molar-refractivity contribution in [3.05, 3.63) is 88.7 Å². The van der Waals surface area contributed by atoms with Gasteiger partial charge in [0.25, 0.3) is 15.9 Å². The first-order chi connectivity index (χ1) is 13.7. The SMILES string of the molecule is O=C(Nc1ccc(F)c(Cl)c1)c1ccc(NS(=O)(=O)c2ccc(F)c(F)c2)cc1. The Hall–Kier alpha value is -3.04. The van der Waals surface area contributed by atoms with E-state index in [1.165, 1.54) is 36.4 Å². The summed E-state index contributed by atoms with van der Waals surface area (Å²) in [4.78, 5) is 11.8. The molecule has 150 valence electrons. The van der Waals surface area contributed by atoms with Gasteiger partial charge in [-0.15, -0.1) is 0 Å². The average molecular weight is 441 g/mol. The molecule has 1 amide bonds. The highest BCUT2D eigenvalue weighted by molar-refractivity contribution is 7.92. The monoisotopic (exact) mass is 440 g/mol. The van der Waals surface area contributed by atoms with Gasteiger partial charge >= 0.3 is 0 Å². The van der Waals surface area contributed by atoms with Gasteiger partial charge in [0.2, 0.25) is 0 Å². The molecular formula is C19H12ClF3N2O3S. The number of hydrogen-bond donors (Lipinski definition) is 2. The maximum absolute atomic E-state index is 13.3. The molecule has 0 aliphatic rings. The van der Waals surface area contributed by atoms with Crippen LogP contribution >= 0.6 is 11.6 Å². The largest absolute Gasteiger partial charge is 0.322 e. The van der Waals surface area contributed by atoms with E-state index in [4.69, 9.17) is 11.6 Å². The summed E-state index contributed by atoms with van der Waals surface area (Å²) in [7, 11) is -4.15. The van der Waals surface area contributed by atoms with Gasteiger partial charge in [-0.3, -0.25) is 9.52 Å². The predicted octanol–water partition coefficient (Wildman–Crippen LogP) is 4.81. The fourth-order valence-corrected chi connectivity index (χ4v) is 3.58. The first kappa shape index (κ1) is 20.7. The smallest absolute Gasteiger partial charge is 0.261 e. The zero-order valence-corrected chi connectivity index (χ0v) is 16.0. The van der Waals surface area contributed by atoms with Crippen LogP contribution < -0.4 is 10.0 Å². The molecule has 0 fully saturated rings. The summed E-state index contributed by atoms with van der Waals surface area (Å²) in [5.41, 5.74) is 0.585. The Morgan fingerprint density at radius 2 is 1.41 bits per heavy atom. The van der Waals surface area contributed by atoms with E-state index in [0.717, 1.165) is 12.1 Å². The zero-order chi connectivity index (χ0) is 21.2. The van der Waals surface area contributed by atoms with Crippen molar-refractivity contribution in [1.82, 2.24) is 0 Å². The lowest BCUT2D eigenvalue weighted by molar-refractivity contribution is 0.102. The van der Waals surface area contributed by atoms with Crippen molar-refractivity contribution in [1.29, 1.82) is 0 Å². The summed E-state index contributed by atoms with van der Waals surface area (Å²) in [5.74, 6) is -3.60. The number of hydrogen-bond acceptors (Lipinski definition) is 3. The van der Waals surface area contributed by atoms with Crippen molar-refractivity contribution in [2.45, 2.75) is 4.90 Å². The van der Waals surface area contributed by atoms with Crippen LogP contribution in [0.1, 0.15) is 10.4 Å². The third-order valence-electron chi connectivity index (χ3n) is 3.78. The van der Waals surface area contributed by atoms with E-state index in [1.54, 1.807) is 0 Å². The van der Waals surface area contributed by atoms with E-state index in [-0.39, 0.29) is 22.0 Å². The van der Waals surface area contributed by atoms with E-state index in [0.29, 0.717) is 12.1 Å². The molecule has 5 nitrogen and oxygen atoms in total. The normalized spacial score (nSPS) is 11.2. The highest BCUT2D eigenvalue weighted by atomic mass is 35.5. The first-order valence-corrected chi connectivity index (χ1v) is 9.86. The van der Waals surface area contributed by atoms with Gasteiger partial charge in [0.05, 0.1) is 9.92 Å². The Balaban J connectivity index is 1.73. The molecule has 3 aromatic rings. The fraction of sp³-hybridized carbons (Fsp3) is 0. The second-order valence-electron chi connectivity index (χ2n) is 5.84. The molecular weight excluding hydrogens is 429 g/mol. The van der Waals surface area contributed by atoms with Crippen molar-refractivity contribution >= 4 is 38.9 Å². The lowest BCUT2D eigenvalue weighted by atomic mass is 10.2. The number of benzene rings is 3. The maximum Gasteiger partial charge on any atom is 0.261 e. The van der Waals surface area contributed by atoms with Crippen LogP contribution in [-0.4, -0.2) is 14.3 Å². The lowest BCUT2D eigenvalue weighted by Crippen LogP contribution is -2.14. The van der Waals surface area contributed by atoms with Crippen molar-refractivity contribution in [3.63, 3.8) is 0 Å². The summed E-state index contributed by atoms with van der Waals surface area (Å²) < 4.78 is 66.1. The number of rotatable bonds is 5. The Morgan fingerprint density at radius 3 is 2.03 bits per heavy atom. The van der Waals surface area contributed by atoms with E-state index >= 15 is 0 Å². The molecule has 29 heavy (non-hydrogen) atoms. The Kier molecular flexibility index (Phi) is 5.81. The molecule has 0 saturated heterocycles. The van der Waals surface area contributed by atoms with E-state index in [1.807, 2.05) is 0 Å². The molecule has 0 unspecified atom stereocenters. The molecule has 0 atom stereocenters. The van der Waals surface area contributed by atoms with Gasteiger partial charge in [0, 0.05) is 16.9 Å². The molecule has 0 aliphatic carbocycles. The second-order valence-corrected chi connectivity index (χ2v) is 7.93. The topological polar surface area (TPSA) is 75.3 Å². The van der Waals surface area contributed by atoms with Crippen molar-refractivity contribution in [2.24, 2.45) is 0 Å². The van der Waals surface area contributed by atoms with Crippen molar-refractivity contribution < 1.29 is 26.4 Å². The Morgan fingerprint density at radius 1 is 0.793 bits per heavy atom. The molecule has 3 aromatic carbocycles. The first-order valence-electron chi connectivity index (χ1n) is 8.00. The van der Waals surface area contributed by atoms with Gasteiger partial charge in [-0.1, -0.05) is 11.6 Å². The molecule has 0 heterocycles. The quantitative estimate of drug-likeness (QED) is 0.597. The van der Waals surface area contributed by atoms with Crippen molar-refractivity contribution in [2.75, 3.05) is 10.0 Å². The fourth-order valence-electron chi connectivity index (χ4n) is 2.32. The zero-order valence-electron chi connectivity index (χ0n) is 14.4. The number of anilines is 2. The number of carbonyl (C=O) groups excluding carboxylic acids is 1. The van der Waals surface area contributed by atoms with Crippen LogP contribution in [0.5, 0.6) is 0 Å². The van der Waals surface area contributed by atoms with Crippen molar-refractivity contribution in [3.8, 4) is 0 Å². The van der Waals surface area contributed by atoms with E-state index in [9.17, 15) is 26.4 Å². The molecule has 0 bridgehead atoms. The summed E-state index contributed by atoms with van der Waals surface area (Å²) in [6, 6.07) is 11.2. The molecule has 3 rings (SSSR count). The summed E-state index contributed by atoms with van der Waals surface area (Å²) >= 11 is 5.66. The number of halogens is 4. The summed E-state index contributed by atoms with van der Waals surface area (Å²) in [6.07, 6.45) is 0. The third-order valence-corrected chi connectivity index (χ3v) is 5.45. The lowest BCUT2D eigenvalue weighted by Gasteiger charge is -2.10. The summed E-state index contributed by atoms with van der Waals surface area (Å²) in [6.45, 7) is 0. The van der Waals surface area contributed by atoms with Crippen LogP contribution in [0, 0.1) is 17.5 Å². The number of nitrogens with one attached hydrogen (secondary N) is 2. The van der Waals surface area contributed by atoms with Crippen LogP contribution in [0.2, 0.25) is 5.02 Å². The van der Waals surface area contributed by atoms with Crippen LogP contribution in [0.3, 0.4) is 0 Å². The Labute approximate surface area is 169 Å². The van der Waals surface area contributed by atoms with Gasteiger partial charge in [0.1, 0.15) is 5.82 Å². The van der Waals surface area contributed by atoms with E-state index in [2.05, 4.69) is 10.0 Å². The molecule has 0 saturated carbocycles. The molecule has 10 heteroatoms. The highest BCUT2D eigenvalue weighted by Gasteiger charge is 2.17. The minimum Gasteiger partial charge on any atom is -0.322 e. The summed E-state index contributed by atoms with van der Waals surface area (Å²) in [5, 5.41) is 2.38. The minimum absolute atomic E-state index is 0.108. The predicted molar refractivity (Wildman–Crippen MR) is 103 cm³/mol. The van der Waals surface area contributed by atoms with Gasteiger partial charge < -0.3 is 5.32 Å². The number of amides is 1. The van der Waals surface area contributed by atoms with Crippen LogP contribution in [0.4, 0.5) is 24.5 Å². The molecule has 0 aromatic heterocycles. The molecule has 0 radical (unpaired) electrons. The molecule has 0 spiro atoms. The van der Waals surface area contributed by atoms with Crippen LogP contribution in [-0.2, 0) is 10.0 Å². The number of sulfonamides is 1. The average Bonchev–Trinajstić information content (AvgIpc) is 2.67. The molecule has 0 aliphatic heterocycles. The van der Waals surface area contributed by atoms with E-state index < -0.39 is 38.3 Å². The maximum atomic E-state index is 13.3. The second kappa shape index (κ2) is 8.14. The standard InChI is InChI=1S/C19H12ClF3N2O3S/c20-15-9-13(5-7-16(15)21)24-19(26)11-1-3-12(4-2-11)25-29(27,28)14-6-8-17(22)18(23)10-14/h1-10,25H,(H,24,26). The van der Waals surface area contributed by atoms with Gasteiger partial charge in [-0.25, -0.2) is 21.6 Å². The van der Waals surface area contributed by atoms with Crippen LogP contribution in [0.25, 0.3) is 0 Å². The molecule has 2 N–H and O–H groups in total. The highest BCUT2D eigenvalue weighted by Crippen LogP contribution is 2.21. The van der Waals surface area contributed by atoms with Gasteiger partial charge in [0.15, 0.2) is 11.6 Å². The third kappa shape index (κ3) is 4.87. The number of carbonyl (C=O) groups is 1.